The first-order valence-electron chi connectivity index (χ1n) is 12.2. The van der Waals surface area contributed by atoms with Gasteiger partial charge in [0.05, 0.1) is 5.92 Å². The molecule has 0 aromatic heterocycles. The van der Waals surface area contributed by atoms with Crippen LogP contribution in [0, 0.1) is 5.92 Å². The van der Waals surface area contributed by atoms with Gasteiger partial charge in [-0.3, -0.25) is 19.2 Å². The fourth-order valence-electron chi connectivity index (χ4n) is 3.60. The van der Waals surface area contributed by atoms with E-state index in [4.69, 9.17) is 19.9 Å². The highest BCUT2D eigenvalue weighted by Crippen LogP contribution is 2.31. The van der Waals surface area contributed by atoms with Crippen molar-refractivity contribution in [2.75, 3.05) is 0 Å². The Morgan fingerprint density at radius 1 is 0.943 bits per heavy atom. The maximum absolute atomic E-state index is 12.2. The van der Waals surface area contributed by atoms with Gasteiger partial charge in [0.1, 0.15) is 11.6 Å². The van der Waals surface area contributed by atoms with Gasteiger partial charge < -0.3 is 25.1 Å². The number of rotatable bonds is 15. The predicted molar refractivity (Wildman–Crippen MR) is 130 cm³/mol. The van der Waals surface area contributed by atoms with E-state index >= 15 is 0 Å². The molecule has 0 heterocycles. The van der Waals surface area contributed by atoms with Gasteiger partial charge in [-0.2, -0.15) is 0 Å². The van der Waals surface area contributed by atoms with Crippen molar-refractivity contribution in [3.63, 3.8) is 0 Å². The first-order valence-corrected chi connectivity index (χ1v) is 12.2. The van der Waals surface area contributed by atoms with E-state index in [9.17, 15) is 24.3 Å². The maximum Gasteiger partial charge on any atom is 0.324 e. The molecule has 0 aliphatic rings. The molecule has 1 aromatic carbocycles. The van der Waals surface area contributed by atoms with Crippen molar-refractivity contribution in [3.05, 3.63) is 23.8 Å². The highest BCUT2D eigenvalue weighted by Gasteiger charge is 2.37. The van der Waals surface area contributed by atoms with Gasteiger partial charge in [-0.1, -0.05) is 40.2 Å². The van der Waals surface area contributed by atoms with Crippen LogP contribution in [0.5, 0.6) is 11.5 Å². The number of carbonyl (C=O) groups is 4. The molecule has 0 saturated heterocycles. The molecule has 3 atom stereocenters. The summed E-state index contributed by atoms with van der Waals surface area (Å²) in [5.41, 5.74) is 4.97. The Bertz CT molecular complexity index is 884. The molecule has 0 amide bonds. The van der Waals surface area contributed by atoms with Gasteiger partial charge in [-0.05, 0) is 43.9 Å². The van der Waals surface area contributed by atoms with Crippen molar-refractivity contribution in [1.82, 2.24) is 0 Å². The molecule has 0 spiro atoms. The number of benzene rings is 1. The minimum Gasteiger partial charge on any atom is -0.480 e. The van der Waals surface area contributed by atoms with Crippen LogP contribution in [0.15, 0.2) is 18.2 Å². The van der Waals surface area contributed by atoms with E-state index in [1.165, 1.54) is 12.1 Å². The molecule has 2 unspecified atom stereocenters. The average Bonchev–Trinajstić information content (AvgIpc) is 2.75. The molecule has 0 fully saturated rings. The summed E-state index contributed by atoms with van der Waals surface area (Å²) in [7, 11) is 0. The smallest absolute Gasteiger partial charge is 0.324 e. The third kappa shape index (κ3) is 10.1. The van der Waals surface area contributed by atoms with Crippen molar-refractivity contribution in [3.8, 4) is 11.5 Å². The summed E-state index contributed by atoms with van der Waals surface area (Å²) in [5, 5.41) is 9.87. The zero-order chi connectivity index (χ0) is 26.6. The van der Waals surface area contributed by atoms with E-state index in [0.29, 0.717) is 24.8 Å². The fraction of sp³-hybridized carbons (Fsp3) is 0.615. The van der Waals surface area contributed by atoms with Crippen molar-refractivity contribution >= 4 is 23.9 Å². The van der Waals surface area contributed by atoms with Crippen molar-refractivity contribution < 1.29 is 38.5 Å². The second-order valence-corrected chi connectivity index (χ2v) is 9.01. The first-order chi connectivity index (χ1) is 16.4. The molecule has 0 saturated carbocycles. The Morgan fingerprint density at radius 3 is 2.03 bits per heavy atom. The van der Waals surface area contributed by atoms with E-state index in [1.807, 2.05) is 20.8 Å². The lowest BCUT2D eigenvalue weighted by atomic mass is 9.86. The van der Waals surface area contributed by atoms with Crippen LogP contribution in [0.1, 0.15) is 85.1 Å². The molecule has 35 heavy (non-hydrogen) atoms. The summed E-state index contributed by atoms with van der Waals surface area (Å²) < 4.78 is 16.1. The Balaban J connectivity index is 3.12. The summed E-state index contributed by atoms with van der Waals surface area (Å²) in [6.45, 7) is 9.00. The monoisotopic (exact) mass is 493 g/mol. The van der Waals surface area contributed by atoms with Gasteiger partial charge in [0.25, 0.3) is 0 Å². The number of carbonyl (C=O) groups excluding carboxylic acids is 3. The lowest BCUT2D eigenvalue weighted by molar-refractivity contribution is -0.156. The van der Waals surface area contributed by atoms with Crippen LogP contribution < -0.4 is 15.2 Å². The van der Waals surface area contributed by atoms with E-state index < -0.39 is 35.5 Å². The van der Waals surface area contributed by atoms with Crippen LogP contribution in [-0.4, -0.2) is 40.6 Å². The number of nitrogens with two attached hydrogens (primary N) is 1. The molecule has 0 radical (unpaired) electrons. The Kier molecular flexibility index (Phi) is 12.4. The highest BCUT2D eigenvalue weighted by molar-refractivity contribution is 5.80. The van der Waals surface area contributed by atoms with Gasteiger partial charge >= 0.3 is 23.9 Å². The van der Waals surface area contributed by atoms with Gasteiger partial charge in [0.15, 0.2) is 11.5 Å². The van der Waals surface area contributed by atoms with Crippen LogP contribution in [0.25, 0.3) is 0 Å². The maximum atomic E-state index is 12.2. The molecule has 1 rings (SSSR count). The van der Waals surface area contributed by atoms with E-state index in [2.05, 4.69) is 0 Å². The molecule has 0 bridgehead atoms. The molecule has 0 aliphatic heterocycles. The molecule has 1 aromatic rings. The van der Waals surface area contributed by atoms with Gasteiger partial charge in [-0.25, -0.2) is 0 Å². The molecule has 0 aliphatic carbocycles. The Labute approximate surface area is 207 Å². The molecule has 9 heteroatoms. The predicted octanol–water partition coefficient (Wildman–Crippen LogP) is 4.18. The lowest BCUT2D eigenvalue weighted by Crippen LogP contribution is -2.52. The highest BCUT2D eigenvalue weighted by atomic mass is 16.6. The SMILES string of the molecule is CCCC(=O)Oc1ccc(CC(N)(C[C@H](C)OC(=O)C(C)CCC)C(=O)O)cc1OC(=O)CCC. The van der Waals surface area contributed by atoms with Crippen LogP contribution in [0.2, 0.25) is 0 Å². The Morgan fingerprint density at radius 2 is 1.51 bits per heavy atom. The van der Waals surface area contributed by atoms with E-state index in [-0.39, 0.29) is 43.1 Å². The first kappa shape index (κ1) is 30.1. The third-order valence-electron chi connectivity index (χ3n) is 5.40. The zero-order valence-electron chi connectivity index (χ0n) is 21.4. The number of ether oxygens (including phenoxy) is 3. The largest absolute Gasteiger partial charge is 0.480 e. The summed E-state index contributed by atoms with van der Waals surface area (Å²) in [6.07, 6.45) is 2.06. The topological polar surface area (TPSA) is 142 Å². The number of hydrogen-bond donors (Lipinski definition) is 2. The molecule has 3 N–H and O–H groups in total. The van der Waals surface area contributed by atoms with Crippen molar-refractivity contribution in [2.24, 2.45) is 11.7 Å². The van der Waals surface area contributed by atoms with Crippen molar-refractivity contribution in [2.45, 2.75) is 97.6 Å². The molecule has 9 nitrogen and oxygen atoms in total. The number of carboxylic acid groups (broad SMARTS) is 1. The van der Waals surface area contributed by atoms with E-state index in [0.717, 1.165) is 6.42 Å². The van der Waals surface area contributed by atoms with Crippen LogP contribution >= 0.6 is 0 Å². The quantitative estimate of drug-likeness (QED) is 0.272. The summed E-state index contributed by atoms with van der Waals surface area (Å²) in [5.74, 6) is -2.83. The normalized spacial score (nSPS) is 14.3. The third-order valence-corrected chi connectivity index (χ3v) is 5.40. The fourth-order valence-corrected chi connectivity index (χ4v) is 3.60. The summed E-state index contributed by atoms with van der Waals surface area (Å²) in [6, 6.07) is 4.47. The standard InChI is InChI=1S/C26H39NO8/c1-6-9-17(4)24(30)33-18(5)15-26(27,25(31)32)16-19-12-13-20(34-22(28)10-7-2)21(14-19)35-23(29)11-8-3/h12-14,17-18H,6-11,15-16,27H2,1-5H3,(H,31,32)/t17?,18-,26?/m0/s1. The number of aliphatic carboxylic acids is 1. The number of carboxylic acids is 1. The summed E-state index contributed by atoms with van der Waals surface area (Å²) in [4.78, 5) is 48.4. The van der Waals surface area contributed by atoms with Crippen LogP contribution in [0.3, 0.4) is 0 Å². The second kappa shape index (κ2) is 14.5. The average molecular weight is 494 g/mol. The molecular weight excluding hydrogens is 454 g/mol. The minimum atomic E-state index is -1.75. The number of esters is 3. The lowest BCUT2D eigenvalue weighted by Gasteiger charge is -2.28. The van der Waals surface area contributed by atoms with Crippen LogP contribution in [0.4, 0.5) is 0 Å². The molecular formula is C26H39NO8. The summed E-state index contributed by atoms with van der Waals surface area (Å²) >= 11 is 0. The van der Waals surface area contributed by atoms with Gasteiger partial charge in [0, 0.05) is 25.7 Å². The Hall–Kier alpha value is -2.94. The second-order valence-electron chi connectivity index (χ2n) is 9.01. The van der Waals surface area contributed by atoms with E-state index in [1.54, 1.807) is 19.9 Å². The van der Waals surface area contributed by atoms with Crippen LogP contribution in [-0.2, 0) is 30.3 Å². The van der Waals surface area contributed by atoms with Crippen molar-refractivity contribution in [1.29, 1.82) is 0 Å². The van der Waals surface area contributed by atoms with Gasteiger partial charge in [-0.15, -0.1) is 0 Å². The molecule has 196 valence electrons. The minimum absolute atomic E-state index is 0.0195. The number of hydrogen-bond acceptors (Lipinski definition) is 8. The van der Waals surface area contributed by atoms with Gasteiger partial charge in [0.2, 0.25) is 0 Å². The zero-order valence-corrected chi connectivity index (χ0v) is 21.4.